The Balaban J connectivity index is 2.05. The van der Waals surface area contributed by atoms with E-state index in [-0.39, 0.29) is 0 Å². The molecule has 0 radical (unpaired) electrons. The lowest BCUT2D eigenvalue weighted by atomic mass is 10.0. The first-order valence-corrected chi connectivity index (χ1v) is 11.8. The van der Waals surface area contributed by atoms with Gasteiger partial charge >= 0.3 is 0 Å². The third kappa shape index (κ3) is 9.78. The molecular weight excluding hydrogens is 316 g/mol. The van der Waals surface area contributed by atoms with Gasteiger partial charge in [0.15, 0.2) is 0 Å². The minimum atomic E-state index is 0.574. The van der Waals surface area contributed by atoms with Crippen molar-refractivity contribution in [3.63, 3.8) is 0 Å². The van der Waals surface area contributed by atoms with Crippen LogP contribution in [0.1, 0.15) is 129 Å². The summed E-state index contributed by atoms with van der Waals surface area (Å²) in [5.74, 6) is 1.53. The minimum absolute atomic E-state index is 0.574. The summed E-state index contributed by atoms with van der Waals surface area (Å²) in [4.78, 5) is 0. The number of nitrogens with zero attached hydrogens (tertiary/aromatic N) is 2. The maximum atomic E-state index is 2.47. The van der Waals surface area contributed by atoms with Crippen LogP contribution < -0.4 is 4.57 Å². The molecule has 1 rings (SSSR count). The molecule has 1 aromatic heterocycles. The number of imidazole rings is 1. The summed E-state index contributed by atoms with van der Waals surface area (Å²) >= 11 is 0. The Labute approximate surface area is 164 Å². The quantitative estimate of drug-likeness (QED) is 0.201. The lowest BCUT2D eigenvalue weighted by molar-refractivity contribution is -0.704. The normalized spacial score (nSPS) is 11.6. The van der Waals surface area contributed by atoms with E-state index in [1.165, 1.54) is 102 Å². The highest BCUT2D eigenvalue weighted by Gasteiger charge is 2.18. The minimum Gasteiger partial charge on any atom is -0.234 e. The molecule has 0 aliphatic rings. The molecule has 0 aliphatic heterocycles. The smallest absolute Gasteiger partial charge is 0.234 e. The third-order valence-corrected chi connectivity index (χ3v) is 5.56. The van der Waals surface area contributed by atoms with Gasteiger partial charge in [-0.3, -0.25) is 0 Å². The van der Waals surface area contributed by atoms with Gasteiger partial charge in [0, 0.05) is 6.42 Å². The largest absolute Gasteiger partial charge is 0.256 e. The van der Waals surface area contributed by atoms with Crippen molar-refractivity contribution in [2.45, 2.75) is 137 Å². The van der Waals surface area contributed by atoms with Crippen molar-refractivity contribution in [2.24, 2.45) is 0 Å². The van der Waals surface area contributed by atoms with Gasteiger partial charge in [-0.15, -0.1) is 0 Å². The molecule has 0 aliphatic carbocycles. The molecule has 0 N–H and O–H groups in total. The molecule has 1 heterocycles. The number of aryl methyl sites for hydroxylation is 1. The highest BCUT2D eigenvalue weighted by molar-refractivity contribution is 4.86. The molecule has 152 valence electrons. The molecule has 26 heavy (non-hydrogen) atoms. The fourth-order valence-electron chi connectivity index (χ4n) is 3.96. The van der Waals surface area contributed by atoms with E-state index in [9.17, 15) is 0 Å². The molecule has 2 nitrogen and oxygen atoms in total. The molecule has 0 unspecified atom stereocenters. The molecule has 0 spiro atoms. The highest BCUT2D eigenvalue weighted by atomic mass is 15.2. The lowest BCUT2D eigenvalue weighted by Crippen LogP contribution is -2.37. The van der Waals surface area contributed by atoms with Gasteiger partial charge < -0.3 is 0 Å². The zero-order valence-electron chi connectivity index (χ0n) is 18.4. The predicted molar refractivity (Wildman–Crippen MR) is 115 cm³/mol. The van der Waals surface area contributed by atoms with Crippen LogP contribution >= 0.6 is 0 Å². The van der Waals surface area contributed by atoms with Crippen LogP contribution in [0.4, 0.5) is 0 Å². The van der Waals surface area contributed by atoms with Crippen molar-refractivity contribution in [1.82, 2.24) is 4.57 Å². The first-order chi connectivity index (χ1) is 12.7. The van der Waals surface area contributed by atoms with Gasteiger partial charge in [-0.2, -0.15) is 0 Å². The highest BCUT2D eigenvalue weighted by Crippen LogP contribution is 2.14. The molecule has 2 heteroatoms. The topological polar surface area (TPSA) is 8.81 Å². The van der Waals surface area contributed by atoms with E-state index in [1.807, 2.05) is 0 Å². The van der Waals surface area contributed by atoms with Crippen molar-refractivity contribution in [1.29, 1.82) is 0 Å². The summed E-state index contributed by atoms with van der Waals surface area (Å²) < 4.78 is 4.94. The Morgan fingerprint density at radius 1 is 0.731 bits per heavy atom. The lowest BCUT2D eigenvalue weighted by Gasteiger charge is -2.07. The van der Waals surface area contributed by atoms with Crippen LogP contribution in [0, 0.1) is 0 Å². The van der Waals surface area contributed by atoms with Gasteiger partial charge in [0.05, 0.1) is 12.6 Å². The second-order valence-electron chi connectivity index (χ2n) is 8.40. The predicted octanol–water partition coefficient (Wildman–Crippen LogP) is 7.40. The summed E-state index contributed by atoms with van der Waals surface area (Å²) in [6, 6.07) is 0.574. The van der Waals surface area contributed by atoms with Crippen molar-refractivity contribution < 1.29 is 4.57 Å². The Hall–Kier alpha value is -0.790. The Bertz CT molecular complexity index is 433. The molecule has 0 atom stereocenters. The maximum absolute atomic E-state index is 2.47. The molecule has 1 aromatic rings. The Morgan fingerprint density at radius 2 is 1.23 bits per heavy atom. The number of hydrogen-bond donors (Lipinski definition) is 0. The zero-order chi connectivity index (χ0) is 19.0. The summed E-state index contributed by atoms with van der Waals surface area (Å²) in [6.07, 6.45) is 25.6. The van der Waals surface area contributed by atoms with Crippen LogP contribution in [0.25, 0.3) is 0 Å². The maximum Gasteiger partial charge on any atom is 0.256 e. The molecule has 0 fully saturated rings. The monoisotopic (exact) mass is 363 g/mol. The molecular formula is C24H47N2+. The first kappa shape index (κ1) is 23.2. The van der Waals surface area contributed by atoms with Gasteiger partial charge in [-0.1, -0.05) is 90.9 Å². The van der Waals surface area contributed by atoms with Crippen molar-refractivity contribution in [3.05, 3.63) is 18.2 Å². The van der Waals surface area contributed by atoms with Gasteiger partial charge in [0.1, 0.15) is 12.4 Å². The summed E-state index contributed by atoms with van der Waals surface area (Å²) in [6.45, 7) is 10.3. The van der Waals surface area contributed by atoms with Gasteiger partial charge in [-0.25, -0.2) is 9.13 Å². The van der Waals surface area contributed by atoms with Crippen LogP contribution in [0.15, 0.2) is 12.4 Å². The van der Waals surface area contributed by atoms with Crippen molar-refractivity contribution >= 4 is 0 Å². The fourth-order valence-corrected chi connectivity index (χ4v) is 3.96. The standard InChI is InChI=1S/C24H47N2/c1-5-7-8-9-10-11-12-13-14-15-16-17-18-19-24-25(20-6-2)21-22-26(24)23(3)4/h21-23H,5-20H2,1-4H3/q+1. The van der Waals surface area contributed by atoms with Crippen LogP contribution in [0.3, 0.4) is 0 Å². The van der Waals surface area contributed by atoms with Gasteiger partial charge in [0.2, 0.25) is 0 Å². The van der Waals surface area contributed by atoms with E-state index in [1.54, 1.807) is 0 Å². The first-order valence-electron chi connectivity index (χ1n) is 11.8. The van der Waals surface area contributed by atoms with Crippen LogP contribution in [-0.2, 0) is 13.0 Å². The average molecular weight is 364 g/mol. The third-order valence-electron chi connectivity index (χ3n) is 5.56. The average Bonchev–Trinajstić information content (AvgIpc) is 3.02. The molecule has 0 bridgehead atoms. The van der Waals surface area contributed by atoms with Crippen molar-refractivity contribution in [3.8, 4) is 0 Å². The number of rotatable bonds is 17. The second kappa shape index (κ2) is 15.3. The zero-order valence-corrected chi connectivity index (χ0v) is 18.4. The summed E-state index contributed by atoms with van der Waals surface area (Å²) in [5.41, 5.74) is 0. The van der Waals surface area contributed by atoms with E-state index in [4.69, 9.17) is 0 Å². The van der Waals surface area contributed by atoms with Crippen LogP contribution in [0.5, 0.6) is 0 Å². The van der Waals surface area contributed by atoms with E-state index in [0.717, 1.165) is 6.54 Å². The van der Waals surface area contributed by atoms with Crippen LogP contribution in [0.2, 0.25) is 0 Å². The Morgan fingerprint density at radius 3 is 1.69 bits per heavy atom. The van der Waals surface area contributed by atoms with Crippen LogP contribution in [-0.4, -0.2) is 4.57 Å². The molecule has 0 amide bonds. The number of unbranched alkanes of at least 4 members (excludes halogenated alkanes) is 12. The number of aromatic nitrogens is 2. The SMILES string of the molecule is CCCCCCCCCCCCCCCc1n(C(C)C)cc[n+]1CCC. The molecule has 0 saturated heterocycles. The fraction of sp³-hybridized carbons (Fsp3) is 0.875. The second-order valence-corrected chi connectivity index (χ2v) is 8.40. The van der Waals surface area contributed by atoms with Crippen molar-refractivity contribution in [2.75, 3.05) is 0 Å². The summed E-state index contributed by atoms with van der Waals surface area (Å²) in [5, 5.41) is 0. The van der Waals surface area contributed by atoms with Gasteiger partial charge in [-0.05, 0) is 26.7 Å². The number of hydrogen-bond acceptors (Lipinski definition) is 0. The van der Waals surface area contributed by atoms with E-state index in [0.29, 0.717) is 6.04 Å². The van der Waals surface area contributed by atoms with E-state index < -0.39 is 0 Å². The Kier molecular flexibility index (Phi) is 13.7. The van der Waals surface area contributed by atoms with E-state index >= 15 is 0 Å². The van der Waals surface area contributed by atoms with E-state index in [2.05, 4.69) is 49.2 Å². The molecule has 0 aromatic carbocycles. The van der Waals surface area contributed by atoms with Gasteiger partial charge in [0.25, 0.3) is 5.82 Å². The molecule has 0 saturated carbocycles. The summed E-state index contributed by atoms with van der Waals surface area (Å²) in [7, 11) is 0.